The fraction of sp³-hybridized carbons (Fsp3) is 0.130. The van der Waals surface area contributed by atoms with Gasteiger partial charge in [0.2, 0.25) is 0 Å². The molecule has 2 amide bonds. The van der Waals surface area contributed by atoms with Crippen molar-refractivity contribution < 1.29 is 9.59 Å². The number of nitrogens with zero attached hydrogens (tertiary/aromatic N) is 2. The van der Waals surface area contributed by atoms with Gasteiger partial charge in [-0.05, 0) is 54.8 Å². The van der Waals surface area contributed by atoms with Gasteiger partial charge in [-0.25, -0.2) is 0 Å². The molecule has 1 saturated heterocycles. The first-order chi connectivity index (χ1) is 13.5. The van der Waals surface area contributed by atoms with Crippen LogP contribution in [0.25, 0.3) is 22.5 Å². The molecule has 0 spiro atoms. The van der Waals surface area contributed by atoms with Crippen LogP contribution in [-0.2, 0) is 4.79 Å². The number of amides is 2. The topological polar surface area (TPSA) is 42.3 Å². The number of imide groups is 1. The van der Waals surface area contributed by atoms with Crippen molar-refractivity contribution in [2.75, 3.05) is 6.54 Å². The zero-order valence-electron chi connectivity index (χ0n) is 15.6. The fourth-order valence-corrected chi connectivity index (χ4v) is 4.41. The molecule has 1 aliphatic rings. The van der Waals surface area contributed by atoms with E-state index in [4.69, 9.17) is 6.42 Å². The van der Waals surface area contributed by atoms with Crippen LogP contribution in [0.2, 0.25) is 0 Å². The molecule has 0 atom stereocenters. The highest BCUT2D eigenvalue weighted by atomic mass is 32.2. The number of carbonyl (C=O) groups excluding carboxylic acids is 2. The molecule has 1 aliphatic heterocycles. The lowest BCUT2D eigenvalue weighted by molar-refractivity contribution is -0.122. The van der Waals surface area contributed by atoms with Crippen molar-refractivity contribution in [1.29, 1.82) is 0 Å². The highest BCUT2D eigenvalue weighted by molar-refractivity contribution is 8.18. The van der Waals surface area contributed by atoms with Gasteiger partial charge in [-0.3, -0.25) is 14.5 Å². The third-order valence-electron chi connectivity index (χ3n) is 4.89. The average Bonchev–Trinajstić information content (AvgIpc) is 3.11. The molecule has 0 unspecified atom stereocenters. The summed E-state index contributed by atoms with van der Waals surface area (Å²) in [7, 11) is 0. The maximum Gasteiger partial charge on any atom is 0.294 e. The molecular weight excluding hydrogens is 368 g/mol. The monoisotopic (exact) mass is 386 g/mol. The first-order valence-corrected chi connectivity index (χ1v) is 9.69. The van der Waals surface area contributed by atoms with Gasteiger partial charge in [0.15, 0.2) is 0 Å². The summed E-state index contributed by atoms with van der Waals surface area (Å²) in [5, 5.41) is 2.01. The van der Waals surface area contributed by atoms with E-state index in [1.54, 1.807) is 6.08 Å². The molecule has 0 bridgehead atoms. The molecule has 4 rings (SSSR count). The Morgan fingerprint density at radius 2 is 1.86 bits per heavy atom. The van der Waals surface area contributed by atoms with Gasteiger partial charge in [0.1, 0.15) is 0 Å². The minimum absolute atomic E-state index is 0.00294. The Labute approximate surface area is 167 Å². The first kappa shape index (κ1) is 18.1. The molecule has 2 aromatic carbocycles. The number of terminal acetylenes is 1. The van der Waals surface area contributed by atoms with Crippen molar-refractivity contribution in [2.24, 2.45) is 0 Å². The van der Waals surface area contributed by atoms with Crippen LogP contribution < -0.4 is 0 Å². The van der Waals surface area contributed by atoms with Gasteiger partial charge >= 0.3 is 0 Å². The van der Waals surface area contributed by atoms with Gasteiger partial charge in [0.25, 0.3) is 11.1 Å². The summed E-state index contributed by atoms with van der Waals surface area (Å²) >= 11 is 0.932. The zero-order valence-corrected chi connectivity index (χ0v) is 16.4. The summed E-state index contributed by atoms with van der Waals surface area (Å²) in [4.78, 5) is 26.0. The Kier molecular flexibility index (Phi) is 4.58. The van der Waals surface area contributed by atoms with Gasteiger partial charge < -0.3 is 4.57 Å². The van der Waals surface area contributed by atoms with E-state index in [9.17, 15) is 9.59 Å². The second-order valence-electron chi connectivity index (χ2n) is 6.63. The van der Waals surface area contributed by atoms with Crippen molar-refractivity contribution in [3.8, 4) is 18.0 Å². The fourth-order valence-electron chi connectivity index (χ4n) is 3.58. The number of carbonyl (C=O) groups is 2. The van der Waals surface area contributed by atoms with E-state index >= 15 is 0 Å². The van der Waals surface area contributed by atoms with Crippen LogP contribution in [0.15, 0.2) is 53.4 Å². The summed E-state index contributed by atoms with van der Waals surface area (Å²) in [6.07, 6.45) is 7.04. The summed E-state index contributed by atoms with van der Waals surface area (Å²) in [5.74, 6) is 2.03. The molecule has 0 aliphatic carbocycles. The molecule has 5 heteroatoms. The van der Waals surface area contributed by atoms with Crippen molar-refractivity contribution in [3.05, 3.63) is 70.4 Å². The molecular formula is C23H18N2O2S. The molecule has 3 aromatic rings. The minimum atomic E-state index is -0.331. The van der Waals surface area contributed by atoms with Crippen LogP contribution in [0.1, 0.15) is 17.0 Å². The maximum atomic E-state index is 12.5. The van der Waals surface area contributed by atoms with E-state index in [0.717, 1.165) is 44.7 Å². The van der Waals surface area contributed by atoms with Crippen molar-refractivity contribution in [2.45, 2.75) is 13.8 Å². The lowest BCUT2D eigenvalue weighted by atomic mass is 10.1. The molecule has 28 heavy (non-hydrogen) atoms. The van der Waals surface area contributed by atoms with Crippen LogP contribution >= 0.6 is 11.8 Å². The lowest BCUT2D eigenvalue weighted by Crippen LogP contribution is -2.28. The van der Waals surface area contributed by atoms with E-state index in [0.29, 0.717) is 4.91 Å². The van der Waals surface area contributed by atoms with E-state index < -0.39 is 0 Å². The molecule has 1 aromatic heterocycles. The van der Waals surface area contributed by atoms with Crippen LogP contribution in [0.3, 0.4) is 0 Å². The average molecular weight is 386 g/mol. The predicted molar refractivity (Wildman–Crippen MR) is 114 cm³/mol. The zero-order chi connectivity index (χ0) is 19.8. The number of fused-ring (bicyclic) bond motifs is 1. The van der Waals surface area contributed by atoms with Crippen LogP contribution in [0.5, 0.6) is 0 Å². The third kappa shape index (κ3) is 2.92. The predicted octanol–water partition coefficient (Wildman–Crippen LogP) is 4.92. The third-order valence-corrected chi connectivity index (χ3v) is 5.79. The standard InChI is InChI=1S/C23H18N2O2S/c1-4-12-24-22(26)21(28-23(24)27)14-18-13-15(2)25(16(18)3)20-11-7-9-17-8-5-6-10-19(17)20/h1,5-11,13-14H,12H2,2-3H3/b21-14+. The van der Waals surface area contributed by atoms with Crippen LogP contribution in [0.4, 0.5) is 4.79 Å². The van der Waals surface area contributed by atoms with Crippen molar-refractivity contribution in [1.82, 2.24) is 9.47 Å². The Balaban J connectivity index is 1.80. The van der Waals surface area contributed by atoms with Gasteiger partial charge in [0, 0.05) is 16.8 Å². The molecule has 0 radical (unpaired) electrons. The van der Waals surface area contributed by atoms with Crippen molar-refractivity contribution in [3.63, 3.8) is 0 Å². The van der Waals surface area contributed by atoms with Gasteiger partial charge in [-0.2, -0.15) is 0 Å². The molecule has 0 N–H and O–H groups in total. The smallest absolute Gasteiger partial charge is 0.294 e. The molecule has 1 fully saturated rings. The second-order valence-corrected chi connectivity index (χ2v) is 7.63. The van der Waals surface area contributed by atoms with Gasteiger partial charge in [-0.1, -0.05) is 42.3 Å². The molecule has 2 heterocycles. The number of hydrogen-bond donors (Lipinski definition) is 0. The summed E-state index contributed by atoms with van der Waals surface area (Å²) in [6.45, 7) is 4.06. The second kappa shape index (κ2) is 7.06. The van der Waals surface area contributed by atoms with Crippen molar-refractivity contribution >= 4 is 39.8 Å². The van der Waals surface area contributed by atoms with Gasteiger partial charge in [-0.15, -0.1) is 6.42 Å². The number of rotatable bonds is 3. The van der Waals surface area contributed by atoms with E-state index in [2.05, 4.69) is 34.8 Å². The summed E-state index contributed by atoms with van der Waals surface area (Å²) < 4.78 is 2.18. The summed E-state index contributed by atoms with van der Waals surface area (Å²) in [5.41, 5.74) is 4.07. The quantitative estimate of drug-likeness (QED) is 0.474. The Bertz CT molecular complexity index is 1190. The summed E-state index contributed by atoms with van der Waals surface area (Å²) in [6, 6.07) is 16.5. The minimum Gasteiger partial charge on any atom is -0.317 e. The highest BCUT2D eigenvalue weighted by Crippen LogP contribution is 2.34. The molecule has 138 valence electrons. The number of benzene rings is 2. The number of thioether (sulfide) groups is 1. The molecule has 0 saturated carbocycles. The normalized spacial score (nSPS) is 15.6. The number of aryl methyl sites for hydroxylation is 1. The van der Waals surface area contributed by atoms with E-state index in [1.807, 2.05) is 38.1 Å². The Morgan fingerprint density at radius 1 is 1.11 bits per heavy atom. The Hall–Kier alpha value is -3.23. The highest BCUT2D eigenvalue weighted by Gasteiger charge is 2.34. The maximum absolute atomic E-state index is 12.5. The molecule has 4 nitrogen and oxygen atoms in total. The lowest BCUT2D eigenvalue weighted by Gasteiger charge is -2.13. The number of hydrogen-bond acceptors (Lipinski definition) is 3. The number of aromatic nitrogens is 1. The van der Waals surface area contributed by atoms with E-state index in [1.165, 1.54) is 5.39 Å². The Morgan fingerprint density at radius 3 is 2.64 bits per heavy atom. The van der Waals surface area contributed by atoms with Crippen LogP contribution in [-0.4, -0.2) is 27.2 Å². The SMILES string of the molecule is C#CCN1C(=O)S/C(=C/c2cc(C)n(-c3cccc4ccccc34)c2C)C1=O. The largest absolute Gasteiger partial charge is 0.317 e. The van der Waals surface area contributed by atoms with Gasteiger partial charge in [0.05, 0.1) is 17.1 Å². The van der Waals surface area contributed by atoms with E-state index in [-0.39, 0.29) is 17.7 Å². The first-order valence-electron chi connectivity index (χ1n) is 8.87. The van der Waals surface area contributed by atoms with Crippen LogP contribution in [0, 0.1) is 26.2 Å².